The first-order valence-electron chi connectivity index (χ1n) is 9.66. The number of benzene rings is 1. The summed E-state index contributed by atoms with van der Waals surface area (Å²) >= 11 is 1.43. The Morgan fingerprint density at radius 2 is 2.00 bits per heavy atom. The summed E-state index contributed by atoms with van der Waals surface area (Å²) in [5.41, 5.74) is 9.06. The van der Waals surface area contributed by atoms with E-state index in [1.165, 1.54) is 16.9 Å². The van der Waals surface area contributed by atoms with Gasteiger partial charge in [-0.1, -0.05) is 12.1 Å². The van der Waals surface area contributed by atoms with Crippen molar-refractivity contribution in [3.8, 4) is 0 Å². The third-order valence-corrected chi connectivity index (χ3v) is 6.45. The number of nitrogens with one attached hydrogen (secondary N) is 1. The molecule has 1 aromatic heterocycles. The molecule has 1 saturated heterocycles. The zero-order valence-electron chi connectivity index (χ0n) is 15.7. The van der Waals surface area contributed by atoms with Crippen LogP contribution >= 0.6 is 23.7 Å². The molecule has 2 aromatic rings. The second-order valence-electron chi connectivity index (χ2n) is 7.40. The zero-order valence-corrected chi connectivity index (χ0v) is 17.4. The predicted octanol–water partition coefficient (Wildman–Crippen LogP) is 3.94. The van der Waals surface area contributed by atoms with Crippen LogP contribution in [0.15, 0.2) is 35.7 Å². The highest BCUT2D eigenvalue weighted by molar-refractivity contribution is 7.12. The van der Waals surface area contributed by atoms with E-state index in [9.17, 15) is 9.59 Å². The van der Waals surface area contributed by atoms with Crippen LogP contribution in [-0.4, -0.2) is 29.3 Å². The van der Waals surface area contributed by atoms with Crippen LogP contribution in [0.5, 0.6) is 0 Å². The van der Waals surface area contributed by atoms with Crippen LogP contribution in [0.3, 0.4) is 0 Å². The van der Waals surface area contributed by atoms with Crippen LogP contribution in [0.2, 0.25) is 0 Å². The fraction of sp³-hybridized carbons (Fsp3) is 0.429. The van der Waals surface area contributed by atoms with Crippen molar-refractivity contribution in [2.45, 2.75) is 50.6 Å². The Kier molecular flexibility index (Phi) is 6.62. The maximum Gasteiger partial charge on any atom is 0.264 e. The van der Waals surface area contributed by atoms with Crippen LogP contribution in [0, 0.1) is 0 Å². The number of piperidine rings is 1. The van der Waals surface area contributed by atoms with E-state index in [-0.39, 0.29) is 36.3 Å². The molecule has 1 aromatic carbocycles. The largest absolute Gasteiger partial charge is 0.399 e. The number of likely N-dealkylation sites (tertiary alicyclic amines) is 1. The lowest BCUT2D eigenvalue weighted by atomic mass is 9.87. The molecule has 2 unspecified atom stereocenters. The van der Waals surface area contributed by atoms with E-state index in [0.717, 1.165) is 49.8 Å². The molecule has 1 fully saturated rings. The molecule has 150 valence electrons. The summed E-state index contributed by atoms with van der Waals surface area (Å²) in [6.07, 6.45) is 5.61. The number of nitrogens with zero attached hydrogens (tertiary/aromatic N) is 1. The SMILES string of the molecule is Cl.Nc1ccc2c(c1)CCCC2NC(=O)C1CCCCN1C(=O)c1cccs1. The van der Waals surface area contributed by atoms with Gasteiger partial charge in [0.15, 0.2) is 0 Å². The molecule has 2 atom stereocenters. The van der Waals surface area contributed by atoms with Crippen molar-refractivity contribution in [3.63, 3.8) is 0 Å². The van der Waals surface area contributed by atoms with Crippen molar-refractivity contribution in [3.05, 3.63) is 51.7 Å². The van der Waals surface area contributed by atoms with Crippen molar-refractivity contribution in [1.29, 1.82) is 0 Å². The Hall–Kier alpha value is -2.05. The number of nitrogens with two attached hydrogens (primary N) is 1. The van der Waals surface area contributed by atoms with Gasteiger partial charge in [0.25, 0.3) is 5.91 Å². The predicted molar refractivity (Wildman–Crippen MR) is 115 cm³/mol. The van der Waals surface area contributed by atoms with Crippen molar-refractivity contribution >= 4 is 41.2 Å². The lowest BCUT2D eigenvalue weighted by Gasteiger charge is -2.36. The number of carbonyl (C=O) groups excluding carboxylic acids is 2. The van der Waals surface area contributed by atoms with E-state index >= 15 is 0 Å². The number of thiophene rings is 1. The number of anilines is 1. The molecule has 0 saturated carbocycles. The standard InChI is InChI=1S/C21H25N3O2S.ClH/c22-15-9-10-16-14(13-15)5-3-6-17(16)23-20(25)18-7-1-2-11-24(18)21(26)19-8-4-12-27-19;/h4,8-10,12-13,17-18H,1-3,5-7,11,22H2,(H,23,25);1H. The number of carbonyl (C=O) groups is 2. The number of rotatable bonds is 3. The molecule has 0 bridgehead atoms. The Labute approximate surface area is 175 Å². The van der Waals surface area contributed by atoms with Crippen molar-refractivity contribution < 1.29 is 9.59 Å². The molecule has 2 aliphatic rings. The number of nitrogen functional groups attached to an aromatic ring is 1. The summed E-state index contributed by atoms with van der Waals surface area (Å²) in [5, 5.41) is 5.12. The monoisotopic (exact) mass is 419 g/mol. The second kappa shape index (κ2) is 8.97. The number of fused-ring (bicyclic) bond motifs is 1. The van der Waals surface area contributed by atoms with E-state index in [0.29, 0.717) is 11.4 Å². The molecule has 1 aliphatic carbocycles. The number of halogens is 1. The molecule has 3 N–H and O–H groups in total. The molecule has 2 heterocycles. The highest BCUT2D eigenvalue weighted by atomic mass is 35.5. The summed E-state index contributed by atoms with van der Waals surface area (Å²) in [4.78, 5) is 28.4. The molecule has 4 rings (SSSR count). The molecule has 0 spiro atoms. The van der Waals surface area contributed by atoms with Gasteiger partial charge in [-0.05, 0) is 73.2 Å². The minimum atomic E-state index is -0.382. The number of hydrogen-bond acceptors (Lipinski definition) is 4. The van der Waals surface area contributed by atoms with Gasteiger partial charge in [-0.15, -0.1) is 23.7 Å². The van der Waals surface area contributed by atoms with Crippen molar-refractivity contribution in [1.82, 2.24) is 10.2 Å². The van der Waals surface area contributed by atoms with Gasteiger partial charge < -0.3 is 16.0 Å². The van der Waals surface area contributed by atoms with E-state index in [2.05, 4.69) is 5.32 Å². The maximum atomic E-state index is 13.1. The van der Waals surface area contributed by atoms with E-state index in [4.69, 9.17) is 5.73 Å². The van der Waals surface area contributed by atoms with Crippen LogP contribution in [-0.2, 0) is 11.2 Å². The number of hydrogen-bond donors (Lipinski definition) is 2. The summed E-state index contributed by atoms with van der Waals surface area (Å²) in [6, 6.07) is 9.27. The van der Waals surface area contributed by atoms with Gasteiger partial charge in [-0.2, -0.15) is 0 Å². The van der Waals surface area contributed by atoms with Gasteiger partial charge in [0.1, 0.15) is 6.04 Å². The average Bonchev–Trinajstić information content (AvgIpc) is 3.22. The van der Waals surface area contributed by atoms with Crippen LogP contribution in [0.1, 0.15) is 58.9 Å². The minimum Gasteiger partial charge on any atom is -0.399 e. The van der Waals surface area contributed by atoms with Crippen LogP contribution < -0.4 is 11.1 Å². The Balaban J connectivity index is 0.00000225. The first kappa shape index (κ1) is 20.7. The summed E-state index contributed by atoms with van der Waals surface area (Å²) in [5.74, 6) is -0.0593. The summed E-state index contributed by atoms with van der Waals surface area (Å²) in [6.45, 7) is 0.645. The lowest BCUT2D eigenvalue weighted by molar-refractivity contribution is -0.127. The average molecular weight is 420 g/mol. The van der Waals surface area contributed by atoms with Gasteiger partial charge in [0.2, 0.25) is 5.91 Å². The molecule has 7 heteroatoms. The van der Waals surface area contributed by atoms with Gasteiger partial charge in [-0.3, -0.25) is 9.59 Å². The summed E-state index contributed by atoms with van der Waals surface area (Å²) < 4.78 is 0. The quantitative estimate of drug-likeness (QED) is 0.740. The number of aryl methyl sites for hydroxylation is 1. The van der Waals surface area contributed by atoms with Crippen LogP contribution in [0.25, 0.3) is 0 Å². The first-order valence-corrected chi connectivity index (χ1v) is 10.5. The molecule has 0 radical (unpaired) electrons. The van der Waals surface area contributed by atoms with Crippen molar-refractivity contribution in [2.24, 2.45) is 0 Å². The molecule has 2 amide bonds. The lowest BCUT2D eigenvalue weighted by Crippen LogP contribution is -2.52. The van der Waals surface area contributed by atoms with Gasteiger partial charge in [-0.25, -0.2) is 0 Å². The molecular formula is C21H26ClN3O2S. The molecule has 28 heavy (non-hydrogen) atoms. The topological polar surface area (TPSA) is 75.4 Å². The molecule has 1 aliphatic heterocycles. The Morgan fingerprint density at radius 1 is 1.14 bits per heavy atom. The van der Waals surface area contributed by atoms with Gasteiger partial charge in [0, 0.05) is 12.2 Å². The normalized spacial score (nSPS) is 21.4. The summed E-state index contributed by atoms with van der Waals surface area (Å²) in [7, 11) is 0. The molecular weight excluding hydrogens is 394 g/mol. The molecule has 5 nitrogen and oxygen atoms in total. The number of amides is 2. The fourth-order valence-corrected chi connectivity index (χ4v) is 4.92. The second-order valence-corrected chi connectivity index (χ2v) is 8.35. The van der Waals surface area contributed by atoms with Crippen LogP contribution in [0.4, 0.5) is 5.69 Å². The Morgan fingerprint density at radius 3 is 2.79 bits per heavy atom. The first-order chi connectivity index (χ1) is 13.1. The van der Waals surface area contributed by atoms with Gasteiger partial charge in [0.05, 0.1) is 10.9 Å². The smallest absolute Gasteiger partial charge is 0.264 e. The van der Waals surface area contributed by atoms with E-state index in [1.807, 2.05) is 35.7 Å². The third-order valence-electron chi connectivity index (χ3n) is 5.60. The minimum absolute atomic E-state index is 0. The highest BCUT2D eigenvalue weighted by Crippen LogP contribution is 2.31. The zero-order chi connectivity index (χ0) is 18.8. The van der Waals surface area contributed by atoms with Crippen molar-refractivity contribution in [2.75, 3.05) is 12.3 Å². The van der Waals surface area contributed by atoms with Gasteiger partial charge >= 0.3 is 0 Å². The van der Waals surface area contributed by atoms with E-state index < -0.39 is 0 Å². The highest BCUT2D eigenvalue weighted by Gasteiger charge is 2.34. The fourth-order valence-electron chi connectivity index (χ4n) is 4.24. The third kappa shape index (κ3) is 4.18. The maximum absolute atomic E-state index is 13.1. The van der Waals surface area contributed by atoms with E-state index in [1.54, 1.807) is 4.90 Å². The Bertz CT molecular complexity index is 840.